The van der Waals surface area contributed by atoms with Crippen LogP contribution in [0.2, 0.25) is 0 Å². The van der Waals surface area contributed by atoms with Crippen LogP contribution in [0.25, 0.3) is 5.69 Å². The smallest absolute Gasteiger partial charge is 0.170 e. The molecule has 0 aliphatic carbocycles. The quantitative estimate of drug-likeness (QED) is 0.656. The summed E-state index contributed by atoms with van der Waals surface area (Å²) in [7, 11) is 0. The predicted octanol–water partition coefficient (Wildman–Crippen LogP) is 1.04. The molecule has 0 bridgehead atoms. The maximum Gasteiger partial charge on any atom is 0.170 e. The van der Waals surface area contributed by atoms with E-state index in [1.54, 1.807) is 10.9 Å². The van der Waals surface area contributed by atoms with Crippen molar-refractivity contribution in [2.45, 2.75) is 19.5 Å². The first-order valence-corrected chi connectivity index (χ1v) is 6.94. The van der Waals surface area contributed by atoms with Crippen molar-refractivity contribution in [3.05, 3.63) is 54.6 Å². The van der Waals surface area contributed by atoms with Crippen LogP contribution in [0, 0.1) is 0 Å². The molecular formula is C14H17N7. The summed E-state index contributed by atoms with van der Waals surface area (Å²) in [6.45, 7) is 2.44. The summed E-state index contributed by atoms with van der Waals surface area (Å²) in [6, 6.07) is 11.8. The third kappa shape index (κ3) is 3.51. The molecule has 1 N–H and O–H groups in total. The maximum atomic E-state index is 4.17. The molecule has 0 amide bonds. The topological polar surface area (TPSA) is 73.5 Å². The van der Waals surface area contributed by atoms with Gasteiger partial charge in [0, 0.05) is 18.9 Å². The van der Waals surface area contributed by atoms with Crippen LogP contribution in [-0.4, -0.2) is 36.5 Å². The maximum absolute atomic E-state index is 4.17. The molecular weight excluding hydrogens is 266 g/mol. The van der Waals surface area contributed by atoms with Crippen LogP contribution >= 0.6 is 0 Å². The monoisotopic (exact) mass is 283 g/mol. The van der Waals surface area contributed by atoms with E-state index in [2.05, 4.69) is 25.9 Å². The molecule has 3 aromatic rings. The minimum atomic E-state index is 0.640. The number of hydrogen-bond donors (Lipinski definition) is 1. The van der Waals surface area contributed by atoms with Crippen molar-refractivity contribution in [3.63, 3.8) is 0 Å². The summed E-state index contributed by atoms with van der Waals surface area (Å²) >= 11 is 0. The zero-order chi connectivity index (χ0) is 14.3. The van der Waals surface area contributed by atoms with Gasteiger partial charge in [0.1, 0.15) is 0 Å². The van der Waals surface area contributed by atoms with Gasteiger partial charge in [-0.2, -0.15) is 9.78 Å². The number of hydrogen-bond acceptors (Lipinski definition) is 5. The van der Waals surface area contributed by atoms with E-state index in [9.17, 15) is 0 Å². The Kier molecular flexibility index (Phi) is 4.33. The van der Waals surface area contributed by atoms with Crippen LogP contribution in [0.15, 0.2) is 48.8 Å². The fourth-order valence-electron chi connectivity index (χ4n) is 2.08. The van der Waals surface area contributed by atoms with Crippen LogP contribution in [0.4, 0.5) is 0 Å². The molecule has 0 saturated heterocycles. The number of para-hydroxylation sites is 1. The molecule has 7 heteroatoms. The van der Waals surface area contributed by atoms with Gasteiger partial charge in [0.25, 0.3) is 0 Å². The van der Waals surface area contributed by atoms with Gasteiger partial charge in [0.2, 0.25) is 0 Å². The highest BCUT2D eigenvalue weighted by atomic mass is 15.5. The van der Waals surface area contributed by atoms with Crippen molar-refractivity contribution in [1.82, 2.24) is 35.3 Å². The lowest BCUT2D eigenvalue weighted by Crippen LogP contribution is -2.19. The Balaban J connectivity index is 1.49. The fourth-order valence-corrected chi connectivity index (χ4v) is 2.08. The van der Waals surface area contributed by atoms with Gasteiger partial charge >= 0.3 is 0 Å². The van der Waals surface area contributed by atoms with Crippen molar-refractivity contribution >= 4 is 0 Å². The molecule has 0 atom stereocenters. The van der Waals surface area contributed by atoms with Gasteiger partial charge in [-0.05, 0) is 41.6 Å². The van der Waals surface area contributed by atoms with E-state index in [-0.39, 0.29) is 0 Å². The first-order valence-electron chi connectivity index (χ1n) is 6.94. The van der Waals surface area contributed by atoms with Crippen LogP contribution in [0.5, 0.6) is 0 Å². The fraction of sp³-hybridized carbons (Fsp3) is 0.286. The van der Waals surface area contributed by atoms with Crippen LogP contribution in [0.3, 0.4) is 0 Å². The Bertz CT molecular complexity index is 645. The summed E-state index contributed by atoms with van der Waals surface area (Å²) in [5.41, 5.74) is 0.968. The SMILES string of the molecule is c1ccc(-n2nnnc2CNCCCn2cccn2)cc1. The average molecular weight is 283 g/mol. The highest BCUT2D eigenvalue weighted by Gasteiger charge is 2.06. The molecule has 0 aliphatic heterocycles. The molecule has 0 unspecified atom stereocenters. The minimum absolute atomic E-state index is 0.640. The van der Waals surface area contributed by atoms with E-state index in [0.717, 1.165) is 31.0 Å². The summed E-state index contributed by atoms with van der Waals surface area (Å²) in [5.74, 6) is 0.806. The molecule has 0 aliphatic rings. The molecule has 7 nitrogen and oxygen atoms in total. The lowest BCUT2D eigenvalue weighted by Gasteiger charge is -2.06. The summed E-state index contributed by atoms with van der Waals surface area (Å²) in [4.78, 5) is 0. The third-order valence-electron chi connectivity index (χ3n) is 3.12. The highest BCUT2D eigenvalue weighted by molar-refractivity contribution is 5.30. The average Bonchev–Trinajstić information content (AvgIpc) is 3.19. The van der Waals surface area contributed by atoms with E-state index in [0.29, 0.717) is 6.54 Å². The van der Waals surface area contributed by atoms with Crippen molar-refractivity contribution in [2.75, 3.05) is 6.54 Å². The highest BCUT2D eigenvalue weighted by Crippen LogP contribution is 2.06. The van der Waals surface area contributed by atoms with E-state index in [1.165, 1.54) is 0 Å². The molecule has 0 spiro atoms. The normalized spacial score (nSPS) is 10.9. The Morgan fingerprint density at radius 2 is 2.00 bits per heavy atom. The zero-order valence-corrected chi connectivity index (χ0v) is 11.6. The van der Waals surface area contributed by atoms with Gasteiger partial charge in [-0.3, -0.25) is 4.68 Å². The Labute approximate surface area is 122 Å². The van der Waals surface area contributed by atoms with E-state index >= 15 is 0 Å². The number of tetrazole rings is 1. The Hall–Kier alpha value is -2.54. The minimum Gasteiger partial charge on any atom is -0.310 e. The second kappa shape index (κ2) is 6.76. The predicted molar refractivity (Wildman–Crippen MR) is 77.7 cm³/mol. The molecule has 3 rings (SSSR count). The molecule has 1 aromatic carbocycles. The van der Waals surface area contributed by atoms with Gasteiger partial charge in [-0.15, -0.1) is 5.10 Å². The lowest BCUT2D eigenvalue weighted by molar-refractivity contribution is 0.535. The Morgan fingerprint density at radius 1 is 1.10 bits per heavy atom. The standard InChI is InChI=1S/C14H17N7/c1-2-6-13(7-3-1)21-14(17-18-19-21)12-15-8-4-10-20-11-5-9-16-20/h1-3,5-7,9,11,15H,4,8,10,12H2. The third-order valence-corrected chi connectivity index (χ3v) is 3.12. The molecule has 108 valence electrons. The number of nitrogens with zero attached hydrogens (tertiary/aromatic N) is 6. The summed E-state index contributed by atoms with van der Waals surface area (Å²) < 4.78 is 3.68. The second-order valence-electron chi connectivity index (χ2n) is 4.64. The first-order chi connectivity index (χ1) is 10.4. The van der Waals surface area contributed by atoms with Gasteiger partial charge in [0.05, 0.1) is 12.2 Å². The van der Waals surface area contributed by atoms with Crippen molar-refractivity contribution in [3.8, 4) is 5.69 Å². The molecule has 0 saturated carbocycles. The van der Waals surface area contributed by atoms with Crippen LogP contribution in [0.1, 0.15) is 12.2 Å². The first kappa shape index (κ1) is 13.4. The van der Waals surface area contributed by atoms with Gasteiger partial charge in [-0.1, -0.05) is 18.2 Å². The Morgan fingerprint density at radius 3 is 2.81 bits per heavy atom. The van der Waals surface area contributed by atoms with Gasteiger partial charge < -0.3 is 5.32 Å². The van der Waals surface area contributed by atoms with Gasteiger partial charge in [0.15, 0.2) is 5.82 Å². The molecule has 0 radical (unpaired) electrons. The number of aryl methyl sites for hydroxylation is 1. The van der Waals surface area contributed by atoms with E-state index < -0.39 is 0 Å². The molecule has 21 heavy (non-hydrogen) atoms. The number of aromatic nitrogens is 6. The number of nitrogens with one attached hydrogen (secondary N) is 1. The largest absolute Gasteiger partial charge is 0.310 e. The number of rotatable bonds is 7. The van der Waals surface area contributed by atoms with Crippen LogP contribution in [-0.2, 0) is 13.1 Å². The second-order valence-corrected chi connectivity index (χ2v) is 4.64. The van der Waals surface area contributed by atoms with E-state index in [1.807, 2.05) is 47.3 Å². The van der Waals surface area contributed by atoms with Crippen molar-refractivity contribution in [1.29, 1.82) is 0 Å². The molecule has 0 fully saturated rings. The number of benzene rings is 1. The molecule has 2 aromatic heterocycles. The van der Waals surface area contributed by atoms with Gasteiger partial charge in [-0.25, -0.2) is 0 Å². The van der Waals surface area contributed by atoms with Crippen LogP contribution < -0.4 is 5.32 Å². The summed E-state index contributed by atoms with van der Waals surface area (Å²) in [6.07, 6.45) is 4.77. The summed E-state index contributed by atoms with van der Waals surface area (Å²) in [5, 5.41) is 19.4. The van der Waals surface area contributed by atoms with Crippen molar-refractivity contribution < 1.29 is 0 Å². The van der Waals surface area contributed by atoms with E-state index in [4.69, 9.17) is 0 Å². The lowest BCUT2D eigenvalue weighted by atomic mass is 10.3. The molecule has 2 heterocycles. The van der Waals surface area contributed by atoms with Crippen molar-refractivity contribution in [2.24, 2.45) is 0 Å². The zero-order valence-electron chi connectivity index (χ0n) is 11.6.